The van der Waals surface area contributed by atoms with E-state index >= 15 is 0 Å². The van der Waals surface area contributed by atoms with E-state index in [1.54, 1.807) is 6.08 Å². The molecule has 0 saturated carbocycles. The molecule has 1 aromatic rings. The van der Waals surface area contributed by atoms with Crippen molar-refractivity contribution in [1.29, 1.82) is 0 Å². The Bertz CT molecular complexity index is 667. The van der Waals surface area contributed by atoms with Crippen LogP contribution < -0.4 is 4.90 Å². The predicted octanol–water partition coefficient (Wildman–Crippen LogP) is 2.91. The van der Waals surface area contributed by atoms with Crippen molar-refractivity contribution in [2.75, 3.05) is 31.6 Å². The van der Waals surface area contributed by atoms with Crippen LogP contribution in [-0.2, 0) is 14.3 Å². The topological polar surface area (TPSA) is 49.9 Å². The Morgan fingerprint density at radius 1 is 1.29 bits per heavy atom. The van der Waals surface area contributed by atoms with Crippen LogP contribution in [0.4, 0.5) is 5.69 Å². The first-order chi connectivity index (χ1) is 11.5. The minimum Gasteiger partial charge on any atom is -0.468 e. The molecule has 5 nitrogen and oxygen atoms in total. The summed E-state index contributed by atoms with van der Waals surface area (Å²) in [6.07, 6.45) is 1.79. The van der Waals surface area contributed by atoms with E-state index in [4.69, 9.17) is 12.2 Å². The summed E-state index contributed by atoms with van der Waals surface area (Å²) in [5.41, 5.74) is 2.07. The van der Waals surface area contributed by atoms with Gasteiger partial charge in [0.15, 0.2) is 0 Å². The molecule has 0 bridgehead atoms. The summed E-state index contributed by atoms with van der Waals surface area (Å²) in [4.78, 5) is 27.8. The lowest BCUT2D eigenvalue weighted by atomic mass is 10.1. The molecule has 1 aliphatic heterocycles. The van der Waals surface area contributed by atoms with Crippen LogP contribution in [0.5, 0.6) is 0 Å². The number of thiocarbonyl (C=S) groups is 1. The molecule has 0 spiro atoms. The summed E-state index contributed by atoms with van der Waals surface area (Å²) in [6, 6.07) is 8.02. The van der Waals surface area contributed by atoms with E-state index in [-0.39, 0.29) is 12.5 Å². The van der Waals surface area contributed by atoms with Crippen LogP contribution in [0.3, 0.4) is 0 Å². The van der Waals surface area contributed by atoms with Crippen LogP contribution >= 0.6 is 24.0 Å². The smallest absolute Gasteiger partial charge is 0.325 e. The van der Waals surface area contributed by atoms with Gasteiger partial charge in [0, 0.05) is 18.8 Å². The van der Waals surface area contributed by atoms with Crippen molar-refractivity contribution in [2.24, 2.45) is 0 Å². The molecule has 2 rings (SSSR count). The number of methoxy groups -OCH3 is 1. The van der Waals surface area contributed by atoms with Crippen molar-refractivity contribution in [3.8, 4) is 0 Å². The van der Waals surface area contributed by atoms with E-state index in [0.717, 1.165) is 24.3 Å². The Morgan fingerprint density at radius 2 is 1.92 bits per heavy atom. The first-order valence-corrected chi connectivity index (χ1v) is 8.89. The number of rotatable bonds is 6. The number of carbonyl (C=O) groups excluding carboxylic acids is 2. The molecular weight excluding hydrogens is 344 g/mol. The van der Waals surface area contributed by atoms with Crippen LogP contribution in [0.25, 0.3) is 6.08 Å². The van der Waals surface area contributed by atoms with Gasteiger partial charge in [-0.3, -0.25) is 14.5 Å². The molecule has 0 aromatic heterocycles. The first kappa shape index (κ1) is 18.5. The fourth-order valence-electron chi connectivity index (χ4n) is 2.35. The van der Waals surface area contributed by atoms with Crippen molar-refractivity contribution in [1.82, 2.24) is 4.90 Å². The summed E-state index contributed by atoms with van der Waals surface area (Å²) in [7, 11) is 1.28. The Labute approximate surface area is 151 Å². The lowest BCUT2D eigenvalue weighted by Crippen LogP contribution is -2.33. The molecule has 0 unspecified atom stereocenters. The van der Waals surface area contributed by atoms with Crippen LogP contribution in [0.15, 0.2) is 29.2 Å². The number of amides is 1. The summed E-state index contributed by atoms with van der Waals surface area (Å²) in [5, 5.41) is 0. The highest BCUT2D eigenvalue weighted by atomic mass is 32.2. The third-order valence-corrected chi connectivity index (χ3v) is 5.09. The van der Waals surface area contributed by atoms with Gasteiger partial charge in [0.2, 0.25) is 0 Å². The molecule has 1 amide bonds. The fourth-order valence-corrected chi connectivity index (χ4v) is 3.61. The van der Waals surface area contributed by atoms with Crippen LogP contribution in [-0.4, -0.2) is 47.8 Å². The van der Waals surface area contributed by atoms with Crippen molar-refractivity contribution >= 4 is 51.9 Å². The normalized spacial score (nSPS) is 16.0. The molecular formula is C17H20N2O3S2. The highest BCUT2D eigenvalue weighted by molar-refractivity contribution is 8.26. The van der Waals surface area contributed by atoms with Crippen molar-refractivity contribution < 1.29 is 14.3 Å². The first-order valence-electron chi connectivity index (χ1n) is 7.67. The zero-order valence-corrected chi connectivity index (χ0v) is 15.6. The highest BCUT2D eigenvalue weighted by Gasteiger charge is 2.33. The zero-order chi connectivity index (χ0) is 17.7. The molecule has 0 aliphatic carbocycles. The maximum Gasteiger partial charge on any atom is 0.325 e. The second kappa shape index (κ2) is 8.30. The number of anilines is 1. The van der Waals surface area contributed by atoms with Gasteiger partial charge in [-0.2, -0.15) is 0 Å². The van der Waals surface area contributed by atoms with Gasteiger partial charge in [0.1, 0.15) is 10.9 Å². The third kappa shape index (κ3) is 4.15. The molecule has 0 N–H and O–H groups in total. The fraction of sp³-hybridized carbons (Fsp3) is 0.353. The van der Waals surface area contributed by atoms with E-state index in [1.165, 1.54) is 23.8 Å². The molecule has 1 fully saturated rings. The Balaban J connectivity index is 2.15. The van der Waals surface area contributed by atoms with Gasteiger partial charge in [0.05, 0.1) is 12.0 Å². The maximum absolute atomic E-state index is 12.4. The number of ether oxygens (including phenoxy) is 1. The van der Waals surface area contributed by atoms with Gasteiger partial charge < -0.3 is 9.64 Å². The summed E-state index contributed by atoms with van der Waals surface area (Å²) in [6.45, 7) is 5.97. The zero-order valence-electron chi connectivity index (χ0n) is 13.9. The highest BCUT2D eigenvalue weighted by Crippen LogP contribution is 2.32. The van der Waals surface area contributed by atoms with E-state index in [9.17, 15) is 9.59 Å². The number of thioether (sulfide) groups is 1. The number of benzene rings is 1. The van der Waals surface area contributed by atoms with Gasteiger partial charge in [-0.25, -0.2) is 0 Å². The molecule has 0 radical (unpaired) electrons. The Morgan fingerprint density at radius 3 is 2.46 bits per heavy atom. The SMILES string of the molecule is CCN(CC)c1ccc(C=C2SC(=S)N(CC(=O)OC)C2=O)cc1. The van der Waals surface area contributed by atoms with Crippen molar-refractivity contribution in [3.63, 3.8) is 0 Å². The Hall–Kier alpha value is -1.86. The molecule has 1 aliphatic rings. The van der Waals surface area contributed by atoms with Crippen molar-refractivity contribution in [3.05, 3.63) is 34.7 Å². The van der Waals surface area contributed by atoms with Crippen LogP contribution in [0.2, 0.25) is 0 Å². The average Bonchev–Trinajstić information content (AvgIpc) is 2.84. The van der Waals surface area contributed by atoms with Crippen molar-refractivity contribution in [2.45, 2.75) is 13.8 Å². The van der Waals surface area contributed by atoms with Gasteiger partial charge in [-0.15, -0.1) is 0 Å². The largest absolute Gasteiger partial charge is 0.468 e. The molecule has 1 saturated heterocycles. The molecule has 1 aromatic carbocycles. The standard InChI is InChI=1S/C17H20N2O3S2/c1-4-18(5-2)13-8-6-12(7-9-13)10-14-16(21)19(17(23)24-14)11-15(20)22-3/h6-10H,4-5,11H2,1-3H3. The maximum atomic E-state index is 12.4. The number of esters is 1. The van der Waals surface area contributed by atoms with E-state index in [0.29, 0.717) is 9.23 Å². The molecule has 128 valence electrons. The van der Waals surface area contributed by atoms with Gasteiger partial charge in [0.25, 0.3) is 5.91 Å². The van der Waals surface area contributed by atoms with E-state index < -0.39 is 5.97 Å². The van der Waals surface area contributed by atoms with E-state index in [1.807, 2.05) is 24.3 Å². The number of hydrogen-bond donors (Lipinski definition) is 0. The Kier molecular flexibility index (Phi) is 6.39. The molecule has 0 atom stereocenters. The van der Waals surface area contributed by atoms with Gasteiger partial charge >= 0.3 is 5.97 Å². The summed E-state index contributed by atoms with van der Waals surface area (Å²) >= 11 is 6.38. The van der Waals surface area contributed by atoms with Crippen LogP contribution in [0, 0.1) is 0 Å². The average molecular weight is 364 g/mol. The number of carbonyl (C=O) groups is 2. The molecule has 1 heterocycles. The minimum atomic E-state index is -0.490. The van der Waals surface area contributed by atoms with E-state index in [2.05, 4.69) is 23.5 Å². The van der Waals surface area contributed by atoms with Gasteiger partial charge in [-0.05, 0) is 37.6 Å². The van der Waals surface area contributed by atoms with Gasteiger partial charge in [-0.1, -0.05) is 36.1 Å². The predicted molar refractivity (Wildman–Crippen MR) is 102 cm³/mol. The lowest BCUT2D eigenvalue weighted by molar-refractivity contribution is -0.143. The second-order valence-electron chi connectivity index (χ2n) is 5.11. The summed E-state index contributed by atoms with van der Waals surface area (Å²) in [5.74, 6) is -0.751. The molecule has 24 heavy (non-hydrogen) atoms. The quantitative estimate of drug-likeness (QED) is 0.439. The summed E-state index contributed by atoms with van der Waals surface area (Å²) < 4.78 is 4.96. The lowest BCUT2D eigenvalue weighted by Gasteiger charge is -2.20. The number of hydrogen-bond acceptors (Lipinski definition) is 6. The minimum absolute atomic E-state index is 0.153. The van der Waals surface area contributed by atoms with Crippen LogP contribution in [0.1, 0.15) is 19.4 Å². The monoisotopic (exact) mass is 364 g/mol. The second-order valence-corrected chi connectivity index (χ2v) is 6.78. The molecule has 7 heteroatoms. The number of nitrogens with zero attached hydrogens (tertiary/aromatic N) is 2. The third-order valence-electron chi connectivity index (χ3n) is 3.71.